The van der Waals surface area contributed by atoms with Crippen LogP contribution in [0, 0.1) is 0 Å². The maximum absolute atomic E-state index is 12.1. The average molecular weight is 340 g/mol. The average Bonchev–Trinajstić information content (AvgIpc) is 2.28. The van der Waals surface area contributed by atoms with Crippen LogP contribution in [0.1, 0.15) is 32.8 Å². The molecule has 0 bridgehead atoms. The highest BCUT2D eigenvalue weighted by Crippen LogP contribution is 2.31. The molecule has 0 aromatic heterocycles. The smallest absolute Gasteiger partial charge is 0.405 e. The van der Waals surface area contributed by atoms with Crippen molar-refractivity contribution in [2.75, 3.05) is 0 Å². The normalized spacial score (nSPS) is 12.6. The van der Waals surface area contributed by atoms with Gasteiger partial charge in [-0.25, -0.2) is 0 Å². The van der Waals surface area contributed by atoms with Gasteiger partial charge >= 0.3 is 6.36 Å². The quantitative estimate of drug-likeness (QED) is 0.844. The van der Waals surface area contributed by atoms with E-state index in [1.165, 1.54) is 6.07 Å². The van der Waals surface area contributed by atoms with Gasteiger partial charge in [0, 0.05) is 12.1 Å². The predicted molar refractivity (Wildman–Crippen MR) is 72.0 cm³/mol. The minimum absolute atomic E-state index is 0.00633. The summed E-state index contributed by atoms with van der Waals surface area (Å²) in [7, 11) is 0. The summed E-state index contributed by atoms with van der Waals surface area (Å²) in [6.45, 7) is 6.81. The number of ether oxygens (including phenoxy) is 1. The molecule has 1 N–H and O–H groups in total. The summed E-state index contributed by atoms with van der Waals surface area (Å²) in [5.41, 5.74) is 0.885. The molecule has 0 fully saturated rings. The summed E-state index contributed by atoms with van der Waals surface area (Å²) >= 11 is 3.08. The van der Waals surface area contributed by atoms with E-state index in [1.54, 1.807) is 12.1 Å². The Morgan fingerprint density at radius 2 is 1.89 bits per heavy atom. The standard InChI is InChI=1S/C13H17BrF3NO/c1-4-12(2,3)18-8-9-5-6-11(10(14)7-9)19-13(15,16)17/h5-7,18H,4,8H2,1-3H3. The van der Waals surface area contributed by atoms with E-state index in [0.717, 1.165) is 12.0 Å². The number of alkyl halides is 3. The molecule has 0 radical (unpaired) electrons. The van der Waals surface area contributed by atoms with Crippen LogP contribution in [0.2, 0.25) is 0 Å². The first-order valence-corrected chi connectivity index (χ1v) is 6.71. The Kier molecular flexibility index (Phi) is 5.26. The van der Waals surface area contributed by atoms with Gasteiger partial charge in [-0.05, 0) is 53.9 Å². The molecule has 0 aliphatic rings. The number of hydrogen-bond acceptors (Lipinski definition) is 2. The van der Waals surface area contributed by atoms with Gasteiger partial charge in [0.25, 0.3) is 0 Å². The number of rotatable bonds is 5. The summed E-state index contributed by atoms with van der Waals surface area (Å²) in [5.74, 6) is -0.231. The SMILES string of the molecule is CCC(C)(C)NCc1ccc(OC(F)(F)F)c(Br)c1. The zero-order chi connectivity index (χ0) is 14.7. The predicted octanol–water partition coefficient (Wildman–Crippen LogP) is 4.63. The third-order valence-corrected chi connectivity index (χ3v) is 3.50. The van der Waals surface area contributed by atoms with Crippen LogP contribution in [0.25, 0.3) is 0 Å². The maximum Gasteiger partial charge on any atom is 0.573 e. The molecule has 0 spiro atoms. The van der Waals surface area contributed by atoms with Crippen molar-refractivity contribution in [3.63, 3.8) is 0 Å². The molecule has 1 rings (SSSR count). The Bertz CT molecular complexity index is 432. The third kappa shape index (κ3) is 5.82. The molecular formula is C13H17BrF3NO. The zero-order valence-corrected chi connectivity index (χ0v) is 12.7. The molecule has 19 heavy (non-hydrogen) atoms. The van der Waals surface area contributed by atoms with E-state index in [9.17, 15) is 13.2 Å². The summed E-state index contributed by atoms with van der Waals surface area (Å²) in [6.07, 6.45) is -3.71. The molecule has 0 heterocycles. The van der Waals surface area contributed by atoms with Gasteiger partial charge in [0.2, 0.25) is 0 Å². The van der Waals surface area contributed by atoms with Crippen LogP contribution in [-0.2, 0) is 6.54 Å². The van der Waals surface area contributed by atoms with E-state index in [2.05, 4.69) is 46.8 Å². The highest BCUT2D eigenvalue weighted by atomic mass is 79.9. The fraction of sp³-hybridized carbons (Fsp3) is 0.538. The Labute approximate surface area is 119 Å². The van der Waals surface area contributed by atoms with Crippen LogP contribution in [0.15, 0.2) is 22.7 Å². The number of nitrogens with one attached hydrogen (secondary N) is 1. The lowest BCUT2D eigenvalue weighted by Gasteiger charge is -2.24. The van der Waals surface area contributed by atoms with Crippen molar-refractivity contribution in [2.45, 2.75) is 45.6 Å². The van der Waals surface area contributed by atoms with E-state index in [1.807, 2.05) is 0 Å². The first-order chi connectivity index (χ1) is 8.63. The van der Waals surface area contributed by atoms with Crippen molar-refractivity contribution in [1.82, 2.24) is 5.32 Å². The van der Waals surface area contributed by atoms with Crippen LogP contribution in [-0.4, -0.2) is 11.9 Å². The zero-order valence-electron chi connectivity index (χ0n) is 11.1. The summed E-state index contributed by atoms with van der Waals surface area (Å²) in [5, 5.41) is 3.34. The highest BCUT2D eigenvalue weighted by molar-refractivity contribution is 9.10. The second kappa shape index (κ2) is 6.13. The van der Waals surface area contributed by atoms with E-state index >= 15 is 0 Å². The van der Waals surface area contributed by atoms with Gasteiger partial charge in [-0.1, -0.05) is 13.0 Å². The monoisotopic (exact) mass is 339 g/mol. The van der Waals surface area contributed by atoms with Crippen molar-refractivity contribution in [1.29, 1.82) is 0 Å². The van der Waals surface area contributed by atoms with Crippen LogP contribution < -0.4 is 10.1 Å². The molecule has 0 saturated heterocycles. The molecule has 0 atom stereocenters. The van der Waals surface area contributed by atoms with Crippen molar-refractivity contribution >= 4 is 15.9 Å². The van der Waals surface area contributed by atoms with Gasteiger partial charge in [-0.15, -0.1) is 13.2 Å². The van der Waals surface area contributed by atoms with E-state index in [0.29, 0.717) is 11.0 Å². The molecule has 2 nitrogen and oxygen atoms in total. The Hall–Kier alpha value is -0.750. The molecule has 0 unspecified atom stereocenters. The molecule has 6 heteroatoms. The molecule has 1 aromatic rings. The van der Waals surface area contributed by atoms with Gasteiger partial charge in [-0.2, -0.15) is 0 Å². The van der Waals surface area contributed by atoms with Gasteiger partial charge in [0.1, 0.15) is 5.75 Å². The molecule has 0 aliphatic carbocycles. The fourth-order valence-electron chi connectivity index (χ4n) is 1.33. The molecular weight excluding hydrogens is 323 g/mol. The maximum atomic E-state index is 12.1. The summed E-state index contributed by atoms with van der Waals surface area (Å²) in [6, 6.07) is 4.55. The number of hydrogen-bond donors (Lipinski definition) is 1. The largest absolute Gasteiger partial charge is 0.573 e. The van der Waals surface area contributed by atoms with Crippen molar-refractivity contribution in [2.24, 2.45) is 0 Å². The molecule has 0 aliphatic heterocycles. The number of halogens is 4. The van der Waals surface area contributed by atoms with Crippen molar-refractivity contribution in [3.05, 3.63) is 28.2 Å². The second-order valence-electron chi connectivity index (χ2n) is 4.90. The van der Waals surface area contributed by atoms with E-state index < -0.39 is 6.36 Å². The summed E-state index contributed by atoms with van der Waals surface area (Å²) < 4.78 is 40.5. The van der Waals surface area contributed by atoms with Gasteiger partial charge < -0.3 is 10.1 Å². The Balaban J connectivity index is 2.72. The molecule has 0 saturated carbocycles. The lowest BCUT2D eigenvalue weighted by molar-refractivity contribution is -0.274. The minimum Gasteiger partial charge on any atom is -0.405 e. The number of benzene rings is 1. The Morgan fingerprint density at radius 1 is 1.26 bits per heavy atom. The van der Waals surface area contributed by atoms with Crippen molar-refractivity contribution < 1.29 is 17.9 Å². The summed E-state index contributed by atoms with van der Waals surface area (Å²) in [4.78, 5) is 0. The van der Waals surface area contributed by atoms with Crippen molar-refractivity contribution in [3.8, 4) is 5.75 Å². The van der Waals surface area contributed by atoms with Gasteiger partial charge in [0.05, 0.1) is 4.47 Å². The lowest BCUT2D eigenvalue weighted by atomic mass is 10.0. The minimum atomic E-state index is -4.67. The second-order valence-corrected chi connectivity index (χ2v) is 5.76. The van der Waals surface area contributed by atoms with Crippen LogP contribution in [0.5, 0.6) is 5.75 Å². The molecule has 1 aromatic carbocycles. The Morgan fingerprint density at radius 3 is 2.37 bits per heavy atom. The third-order valence-electron chi connectivity index (χ3n) is 2.88. The van der Waals surface area contributed by atoms with Crippen LogP contribution in [0.3, 0.4) is 0 Å². The molecule has 108 valence electrons. The first kappa shape index (κ1) is 16.3. The topological polar surface area (TPSA) is 21.3 Å². The first-order valence-electron chi connectivity index (χ1n) is 5.92. The van der Waals surface area contributed by atoms with Crippen LogP contribution >= 0.6 is 15.9 Å². The fourth-order valence-corrected chi connectivity index (χ4v) is 1.84. The van der Waals surface area contributed by atoms with E-state index in [-0.39, 0.29) is 11.3 Å². The highest BCUT2D eigenvalue weighted by Gasteiger charge is 2.31. The van der Waals surface area contributed by atoms with Gasteiger partial charge in [-0.3, -0.25) is 0 Å². The van der Waals surface area contributed by atoms with E-state index in [4.69, 9.17) is 0 Å². The van der Waals surface area contributed by atoms with Crippen LogP contribution in [0.4, 0.5) is 13.2 Å². The molecule has 0 amide bonds. The lowest BCUT2D eigenvalue weighted by Crippen LogP contribution is -2.37. The van der Waals surface area contributed by atoms with Gasteiger partial charge in [0.15, 0.2) is 0 Å².